The Morgan fingerprint density at radius 1 is 0.525 bits per heavy atom. The predicted octanol–water partition coefficient (Wildman–Crippen LogP) is -2.22. The minimum absolute atomic E-state index is 0.00563. The van der Waals surface area contributed by atoms with Crippen molar-refractivity contribution >= 4 is 117 Å². The molecule has 0 radical (unpaired) electrons. The molecule has 37 nitrogen and oxygen atoms in total. The summed E-state index contributed by atoms with van der Waals surface area (Å²) >= 11 is 1.33. The molecule has 38 heteroatoms. The van der Waals surface area contributed by atoms with Crippen LogP contribution in [0.5, 0.6) is 0 Å². The number of imidazole rings is 1. The van der Waals surface area contributed by atoms with Crippen molar-refractivity contribution in [2.24, 2.45) is 23.3 Å². The number of fused-ring (bicyclic) bond motifs is 1. The van der Waals surface area contributed by atoms with Crippen LogP contribution in [0.3, 0.4) is 0 Å². The second-order valence-corrected chi connectivity index (χ2v) is 31.2. The maximum absolute atomic E-state index is 14.8. The average molecular weight is 1660 g/mol. The number of para-hydroxylation sites is 1. The lowest BCUT2D eigenvalue weighted by atomic mass is 9.99. The third kappa shape index (κ3) is 28.0. The number of benzene rings is 3. The number of aromatic nitrogens is 3. The largest absolute Gasteiger partial charge is 0.480 e. The Hall–Kier alpha value is -11.8. The predicted molar refractivity (Wildman–Crippen MR) is 434 cm³/mol. The van der Waals surface area contributed by atoms with Crippen LogP contribution in [0.4, 0.5) is 0 Å². The summed E-state index contributed by atoms with van der Waals surface area (Å²) in [6, 6.07) is 7.11. The topological polar surface area (TPSA) is 561 Å². The van der Waals surface area contributed by atoms with Gasteiger partial charge < -0.3 is 105 Å². The fourth-order valence-electron chi connectivity index (χ4n) is 13.8. The third-order valence-corrected chi connectivity index (χ3v) is 20.8. The molecule has 3 aromatic carbocycles. The lowest BCUT2D eigenvalue weighted by Gasteiger charge is -2.31. The van der Waals surface area contributed by atoms with Crippen molar-refractivity contribution in [2.75, 3.05) is 38.2 Å². The zero-order valence-electron chi connectivity index (χ0n) is 67.4. The van der Waals surface area contributed by atoms with E-state index in [0.29, 0.717) is 41.0 Å². The lowest BCUT2D eigenvalue weighted by Crippen LogP contribution is -2.61. The molecule has 5 aromatic rings. The molecular weight excluding hydrogens is 1550 g/mol. The molecule has 118 heavy (non-hydrogen) atoms. The Bertz CT molecular complexity index is 4320. The maximum Gasteiger partial charge on any atom is 0.326 e. The highest BCUT2D eigenvalue weighted by Crippen LogP contribution is 2.25. The molecule has 640 valence electrons. The van der Waals surface area contributed by atoms with E-state index in [4.69, 9.17) is 11.5 Å². The summed E-state index contributed by atoms with van der Waals surface area (Å²) in [5.74, 6) is -14.1. The zero-order valence-corrected chi connectivity index (χ0v) is 68.2. The van der Waals surface area contributed by atoms with Crippen LogP contribution < -0.4 is 75.3 Å². The number of H-pyrrole nitrogens is 2. The average Bonchev–Trinajstić information content (AvgIpc) is 1.65. The number of likely N-dealkylation sites (tertiary alicyclic amines) is 2. The number of rotatable bonds is 45. The van der Waals surface area contributed by atoms with Gasteiger partial charge in [0.25, 0.3) is 0 Å². The van der Waals surface area contributed by atoms with Crippen molar-refractivity contribution in [2.45, 2.75) is 210 Å². The fourth-order valence-corrected chi connectivity index (χ4v) is 14.3. The van der Waals surface area contributed by atoms with Gasteiger partial charge in [0.05, 0.1) is 25.5 Å². The summed E-state index contributed by atoms with van der Waals surface area (Å²) < 4.78 is 0. The van der Waals surface area contributed by atoms with Gasteiger partial charge in [0.15, 0.2) is 0 Å². The highest BCUT2D eigenvalue weighted by Gasteiger charge is 2.43. The molecule has 2 aromatic heterocycles. The van der Waals surface area contributed by atoms with Crippen LogP contribution in [0.25, 0.3) is 10.9 Å². The number of aliphatic hydroxyl groups is 1. The van der Waals surface area contributed by atoms with Crippen LogP contribution in [0.15, 0.2) is 104 Å². The van der Waals surface area contributed by atoms with Gasteiger partial charge >= 0.3 is 5.97 Å². The highest BCUT2D eigenvalue weighted by atomic mass is 32.2. The van der Waals surface area contributed by atoms with Crippen molar-refractivity contribution in [3.8, 4) is 0 Å². The van der Waals surface area contributed by atoms with Gasteiger partial charge in [0.2, 0.25) is 88.6 Å². The van der Waals surface area contributed by atoms with Crippen molar-refractivity contribution in [3.63, 3.8) is 0 Å². The van der Waals surface area contributed by atoms with E-state index in [0.717, 1.165) is 10.9 Å². The van der Waals surface area contributed by atoms with Crippen LogP contribution in [-0.2, 0) is 102 Å². The molecule has 2 aliphatic heterocycles. The first-order chi connectivity index (χ1) is 56.2. The minimum atomic E-state index is -1.56. The molecule has 0 saturated carbocycles. The Labute approximate surface area is 687 Å². The summed E-state index contributed by atoms with van der Waals surface area (Å²) in [5.41, 5.74) is 14.0. The number of amides is 15. The van der Waals surface area contributed by atoms with Crippen molar-refractivity contribution in [1.29, 1.82) is 0 Å². The first-order valence-electron chi connectivity index (χ1n) is 39.4. The summed E-state index contributed by atoms with van der Waals surface area (Å²) in [6.07, 6.45) is 4.67. The number of nitrogens with two attached hydrogens (primary N) is 2. The number of aliphatic hydroxyl groups excluding tert-OH is 1. The Morgan fingerprint density at radius 2 is 1.05 bits per heavy atom. The molecule has 0 unspecified atom stereocenters. The molecule has 4 heterocycles. The second kappa shape index (κ2) is 45.6. The molecule has 2 saturated heterocycles. The Balaban J connectivity index is 0.975. The zero-order chi connectivity index (χ0) is 86.4. The molecule has 0 spiro atoms. The SMILES string of the molecule is CSCC[C@H](NC(=O)[C@H](CCC(N)=O)NC(=O)[C@@H](NC(=O)[C@H](Cc1ccccc1)NC(=O)[C@H](C)NC(=O)[C@@H](NC(=O)CN)[C@@H](C)O)C(C)C)C(=O)N1CCC[C@H]1C(=O)N[C@@H](C)C(=O)N[C@@H](Cc1cnc[nH]1)C(=O)NCC(=O)N[C@@H](CC(C)C)C(=O)N[C@@H](Cc1ccccc1)C(=O)N1CCC[C@H]1C(=O)N[C@@H](Cc1c[nH]c2ccccc12)C(=O)O. The van der Waals surface area contributed by atoms with E-state index in [9.17, 15) is 86.9 Å². The van der Waals surface area contributed by atoms with Crippen LogP contribution in [0.1, 0.15) is 122 Å². The summed E-state index contributed by atoms with van der Waals surface area (Å²) in [5, 5.41) is 52.4. The van der Waals surface area contributed by atoms with E-state index in [2.05, 4.69) is 78.8 Å². The Morgan fingerprint density at radius 3 is 1.61 bits per heavy atom. The van der Waals surface area contributed by atoms with E-state index < -0.39 is 205 Å². The summed E-state index contributed by atoms with van der Waals surface area (Å²) in [7, 11) is 0. The fraction of sp³-hybridized carbons (Fsp3) is 0.512. The van der Waals surface area contributed by atoms with Crippen LogP contribution in [-0.4, -0.2) is 252 Å². The maximum atomic E-state index is 14.8. The number of carbonyl (C=O) groups excluding carboxylic acids is 15. The Kier molecular flexibility index (Phi) is 36.1. The number of nitrogens with zero attached hydrogens (tertiary/aromatic N) is 3. The van der Waals surface area contributed by atoms with Gasteiger partial charge in [0, 0.05) is 74.2 Å². The first-order valence-corrected chi connectivity index (χ1v) is 40.7. The normalized spacial score (nSPS) is 16.9. The van der Waals surface area contributed by atoms with Crippen molar-refractivity contribution < 1.29 is 86.9 Å². The van der Waals surface area contributed by atoms with Gasteiger partial charge in [-0.15, -0.1) is 0 Å². The van der Waals surface area contributed by atoms with Gasteiger partial charge in [-0.05, 0) is 112 Å². The molecule has 7 rings (SSSR count). The minimum Gasteiger partial charge on any atom is -0.480 e. The van der Waals surface area contributed by atoms with Gasteiger partial charge in [-0.1, -0.05) is 107 Å². The van der Waals surface area contributed by atoms with E-state index in [-0.39, 0.29) is 76.8 Å². The molecule has 2 aliphatic rings. The van der Waals surface area contributed by atoms with Crippen LogP contribution in [0, 0.1) is 11.8 Å². The second-order valence-electron chi connectivity index (χ2n) is 30.2. The number of hydrogen-bond acceptors (Lipinski definition) is 20. The molecule has 20 N–H and O–H groups in total. The third-order valence-electron chi connectivity index (χ3n) is 20.2. The number of aromatic amines is 2. The number of aliphatic carboxylic acids is 1. The number of hydrogen-bond donors (Lipinski definition) is 18. The summed E-state index contributed by atoms with van der Waals surface area (Å²) in [4.78, 5) is 234. The molecule has 0 aliphatic carbocycles. The van der Waals surface area contributed by atoms with Crippen molar-refractivity contribution in [1.82, 2.24) is 88.6 Å². The number of nitrogens with one attached hydrogen (secondary N) is 14. The number of carboxylic acid groups (broad SMARTS) is 1. The van der Waals surface area contributed by atoms with Gasteiger partial charge in [-0.2, -0.15) is 11.8 Å². The number of carboxylic acids is 1. The molecule has 0 bridgehead atoms. The number of thioether (sulfide) groups is 1. The standard InChI is InChI=1S/C80H111N19O18S/c1-43(2)33-56(72(108)94-59(35-49-21-13-10-14-22-49)79(115)99-31-18-26-62(99)75(111)95-60(80(116)117)36-50-39-84-53-24-16-15-23-52(50)53)89-65(103)41-85-70(106)58(37-51-40-83-42-86-51)93-68(104)45(5)87-74(110)61-25-17-30-98(61)78(114)55(29-32-118-8)91-71(107)54(27-28-63(82)101)90-76(112)66(44(3)4)97-73(109)57(34-48-19-11-9-12-20-48)92-69(105)46(6)88-77(113)67(47(7)100)96-64(102)38-81/h9-16,19-24,39-40,42-47,54-62,66-67,84,100H,17-18,25-38,41,81H2,1-8H3,(H2,82,101)(H,83,86)(H,85,106)(H,87,110)(H,88,113)(H,89,103)(H,90,112)(H,91,107)(H,92,105)(H,93,104)(H,94,108)(H,95,111)(H,96,102)(H,97,109)(H,116,117)/t45-,46-,47+,54-,55-,56-,57-,58-,59-,60-,61-,62-,66-,67-/m0/s1. The van der Waals surface area contributed by atoms with Gasteiger partial charge in [-0.25, -0.2) is 9.78 Å². The molecule has 2 fully saturated rings. The first kappa shape index (κ1) is 93.4. The van der Waals surface area contributed by atoms with E-state index in [1.807, 2.05) is 24.3 Å². The summed E-state index contributed by atoms with van der Waals surface area (Å²) in [6.45, 7) is 9.61. The van der Waals surface area contributed by atoms with Crippen molar-refractivity contribution in [3.05, 3.63) is 126 Å². The lowest BCUT2D eigenvalue weighted by molar-refractivity contribution is -0.145. The van der Waals surface area contributed by atoms with E-state index >= 15 is 0 Å². The monoisotopic (exact) mass is 1660 g/mol. The smallest absolute Gasteiger partial charge is 0.326 e. The molecular formula is C80H111N19O18S. The number of carbonyl (C=O) groups is 16. The van der Waals surface area contributed by atoms with Crippen LogP contribution >= 0.6 is 11.8 Å². The van der Waals surface area contributed by atoms with E-state index in [1.54, 1.807) is 101 Å². The molecule has 14 atom stereocenters. The van der Waals surface area contributed by atoms with E-state index in [1.165, 1.54) is 54.9 Å². The molecule has 15 amide bonds. The van der Waals surface area contributed by atoms with Gasteiger partial charge in [0.1, 0.15) is 78.5 Å². The number of primary amides is 1. The van der Waals surface area contributed by atoms with Gasteiger partial charge in [-0.3, -0.25) is 71.9 Å². The highest BCUT2D eigenvalue weighted by molar-refractivity contribution is 7.98. The van der Waals surface area contributed by atoms with Crippen LogP contribution in [0.2, 0.25) is 0 Å². The quantitative estimate of drug-likeness (QED) is 0.0196.